The first kappa shape index (κ1) is 13.0. The van der Waals surface area contributed by atoms with Gasteiger partial charge in [0.2, 0.25) is 5.28 Å². The Morgan fingerprint density at radius 1 is 1.39 bits per heavy atom. The molecule has 3 nitrogen and oxygen atoms in total. The van der Waals surface area contributed by atoms with E-state index in [1.165, 1.54) is 6.07 Å². The van der Waals surface area contributed by atoms with Crippen molar-refractivity contribution in [3.05, 3.63) is 46.3 Å². The molecule has 0 radical (unpaired) electrons. The summed E-state index contributed by atoms with van der Waals surface area (Å²) in [5.41, 5.74) is 1.49. The van der Waals surface area contributed by atoms with E-state index in [1.54, 1.807) is 13.0 Å². The molecular weight excluding hydrogens is 253 g/mol. The van der Waals surface area contributed by atoms with Crippen molar-refractivity contribution in [1.29, 1.82) is 0 Å². The SMILES string of the molecule is CCc1nnc(Cl)n1C(C)c1ccc(C)c(F)c1. The maximum atomic E-state index is 13.6. The summed E-state index contributed by atoms with van der Waals surface area (Å²) in [6.45, 7) is 5.69. The molecule has 18 heavy (non-hydrogen) atoms. The fourth-order valence-electron chi connectivity index (χ4n) is 1.94. The first-order valence-electron chi connectivity index (χ1n) is 5.90. The van der Waals surface area contributed by atoms with Crippen molar-refractivity contribution in [3.63, 3.8) is 0 Å². The normalized spacial score (nSPS) is 12.7. The van der Waals surface area contributed by atoms with Crippen molar-refractivity contribution in [3.8, 4) is 0 Å². The molecule has 1 atom stereocenters. The van der Waals surface area contributed by atoms with E-state index in [0.717, 1.165) is 17.8 Å². The van der Waals surface area contributed by atoms with Crippen molar-refractivity contribution in [2.75, 3.05) is 0 Å². The Hall–Kier alpha value is -1.42. The van der Waals surface area contributed by atoms with Gasteiger partial charge in [0.1, 0.15) is 11.6 Å². The lowest BCUT2D eigenvalue weighted by atomic mass is 10.1. The zero-order valence-electron chi connectivity index (χ0n) is 10.6. The number of hydrogen-bond donors (Lipinski definition) is 0. The molecule has 0 aliphatic rings. The third-order valence-corrected chi connectivity index (χ3v) is 3.36. The minimum absolute atomic E-state index is 0.0856. The number of nitrogens with zero attached hydrogens (tertiary/aromatic N) is 3. The second-order valence-electron chi connectivity index (χ2n) is 4.29. The van der Waals surface area contributed by atoms with Crippen LogP contribution < -0.4 is 0 Å². The quantitative estimate of drug-likeness (QED) is 0.851. The fourth-order valence-corrected chi connectivity index (χ4v) is 2.23. The highest BCUT2D eigenvalue weighted by Crippen LogP contribution is 2.24. The Morgan fingerprint density at radius 2 is 2.11 bits per heavy atom. The second-order valence-corrected chi connectivity index (χ2v) is 4.63. The Morgan fingerprint density at radius 3 is 2.72 bits per heavy atom. The number of benzene rings is 1. The highest BCUT2D eigenvalue weighted by molar-refractivity contribution is 6.28. The van der Waals surface area contributed by atoms with Crippen molar-refractivity contribution < 1.29 is 4.39 Å². The van der Waals surface area contributed by atoms with E-state index in [2.05, 4.69) is 10.2 Å². The molecule has 0 fully saturated rings. The van der Waals surface area contributed by atoms with Crippen molar-refractivity contribution in [1.82, 2.24) is 14.8 Å². The highest BCUT2D eigenvalue weighted by atomic mass is 35.5. The third-order valence-electron chi connectivity index (χ3n) is 3.11. The number of hydrogen-bond acceptors (Lipinski definition) is 2. The van der Waals surface area contributed by atoms with Crippen LogP contribution in [0.3, 0.4) is 0 Å². The minimum Gasteiger partial charge on any atom is -0.294 e. The Labute approximate surface area is 111 Å². The molecule has 1 aromatic heterocycles. The topological polar surface area (TPSA) is 30.7 Å². The summed E-state index contributed by atoms with van der Waals surface area (Å²) in [6.07, 6.45) is 0.735. The first-order chi connectivity index (χ1) is 8.54. The largest absolute Gasteiger partial charge is 0.294 e. The van der Waals surface area contributed by atoms with Gasteiger partial charge in [0.25, 0.3) is 0 Å². The molecule has 2 rings (SSSR count). The van der Waals surface area contributed by atoms with Gasteiger partial charge < -0.3 is 0 Å². The van der Waals surface area contributed by atoms with Gasteiger partial charge in [-0.15, -0.1) is 10.2 Å². The van der Waals surface area contributed by atoms with Gasteiger partial charge in [-0.2, -0.15) is 0 Å². The van der Waals surface area contributed by atoms with Gasteiger partial charge in [0.15, 0.2) is 0 Å². The van der Waals surface area contributed by atoms with Crippen molar-refractivity contribution in [2.45, 2.75) is 33.2 Å². The zero-order chi connectivity index (χ0) is 13.3. The molecule has 0 aliphatic heterocycles. The molecular formula is C13H15ClFN3. The molecule has 0 bridgehead atoms. The average molecular weight is 268 g/mol. The molecule has 0 saturated heterocycles. The lowest BCUT2D eigenvalue weighted by Gasteiger charge is -2.17. The predicted molar refractivity (Wildman–Crippen MR) is 69.4 cm³/mol. The van der Waals surface area contributed by atoms with Gasteiger partial charge >= 0.3 is 0 Å². The van der Waals surface area contributed by atoms with Crippen LogP contribution in [0.15, 0.2) is 18.2 Å². The third kappa shape index (κ3) is 2.25. The summed E-state index contributed by atoms with van der Waals surface area (Å²) in [4.78, 5) is 0. The Bertz CT molecular complexity index is 565. The van der Waals surface area contributed by atoms with Crippen LogP contribution in [-0.2, 0) is 6.42 Å². The number of aromatic nitrogens is 3. The van der Waals surface area contributed by atoms with E-state index >= 15 is 0 Å². The second kappa shape index (κ2) is 5.06. The monoisotopic (exact) mass is 267 g/mol. The molecule has 0 saturated carbocycles. The maximum absolute atomic E-state index is 13.6. The van der Waals surface area contributed by atoms with Crippen LogP contribution in [0.1, 0.15) is 36.8 Å². The molecule has 1 heterocycles. The standard InChI is InChI=1S/C13H15ClFN3/c1-4-12-16-17-13(14)18(12)9(3)10-6-5-8(2)11(15)7-10/h5-7,9H,4H2,1-3H3. The Balaban J connectivity index is 2.44. The molecule has 2 aromatic rings. The van der Waals surface area contributed by atoms with E-state index < -0.39 is 0 Å². The van der Waals surface area contributed by atoms with Gasteiger partial charge in [0.05, 0.1) is 6.04 Å². The first-order valence-corrected chi connectivity index (χ1v) is 6.27. The fraction of sp³-hybridized carbons (Fsp3) is 0.385. The summed E-state index contributed by atoms with van der Waals surface area (Å²) in [5, 5.41) is 8.20. The van der Waals surface area contributed by atoms with Crippen LogP contribution in [0.25, 0.3) is 0 Å². The lowest BCUT2D eigenvalue weighted by molar-refractivity contribution is 0.584. The van der Waals surface area contributed by atoms with Gasteiger partial charge in [-0.3, -0.25) is 4.57 Å². The molecule has 1 unspecified atom stereocenters. The summed E-state index contributed by atoms with van der Waals surface area (Å²) < 4.78 is 15.4. The summed E-state index contributed by atoms with van der Waals surface area (Å²) in [7, 11) is 0. The Kier molecular flexibility index (Phi) is 3.66. The van der Waals surface area contributed by atoms with Gasteiger partial charge in [-0.05, 0) is 42.6 Å². The van der Waals surface area contributed by atoms with E-state index in [-0.39, 0.29) is 11.9 Å². The number of rotatable bonds is 3. The molecule has 0 aliphatic carbocycles. The van der Waals surface area contributed by atoms with E-state index in [9.17, 15) is 4.39 Å². The van der Waals surface area contributed by atoms with Crippen molar-refractivity contribution in [2.24, 2.45) is 0 Å². The molecule has 96 valence electrons. The summed E-state index contributed by atoms with van der Waals surface area (Å²) in [6, 6.07) is 5.12. The minimum atomic E-state index is -0.207. The van der Waals surface area contributed by atoms with Crippen molar-refractivity contribution >= 4 is 11.6 Å². The maximum Gasteiger partial charge on any atom is 0.225 e. The summed E-state index contributed by atoms with van der Waals surface area (Å²) in [5.74, 6) is 0.593. The molecule has 5 heteroatoms. The molecule has 0 N–H and O–H groups in total. The zero-order valence-corrected chi connectivity index (χ0v) is 11.4. The molecule has 0 spiro atoms. The molecule has 1 aromatic carbocycles. The molecule has 0 amide bonds. The van der Waals surface area contributed by atoms with Crippen LogP contribution in [-0.4, -0.2) is 14.8 Å². The van der Waals surface area contributed by atoms with Gasteiger partial charge in [-0.1, -0.05) is 19.1 Å². The number of aryl methyl sites for hydroxylation is 2. The van der Waals surface area contributed by atoms with Gasteiger partial charge in [0, 0.05) is 6.42 Å². The predicted octanol–water partition coefficient (Wildman–Crippen LogP) is 3.55. The van der Waals surface area contributed by atoms with Crippen LogP contribution in [0.2, 0.25) is 5.28 Å². The van der Waals surface area contributed by atoms with Crippen LogP contribution in [0, 0.1) is 12.7 Å². The van der Waals surface area contributed by atoms with E-state index in [1.807, 2.05) is 24.5 Å². The van der Waals surface area contributed by atoms with E-state index in [0.29, 0.717) is 10.8 Å². The number of halogens is 2. The van der Waals surface area contributed by atoms with Crippen LogP contribution in [0.5, 0.6) is 0 Å². The highest BCUT2D eigenvalue weighted by Gasteiger charge is 2.17. The van der Waals surface area contributed by atoms with Crippen LogP contribution >= 0.6 is 11.6 Å². The van der Waals surface area contributed by atoms with Gasteiger partial charge in [-0.25, -0.2) is 4.39 Å². The summed E-state index contributed by atoms with van der Waals surface area (Å²) >= 11 is 6.04. The van der Waals surface area contributed by atoms with E-state index in [4.69, 9.17) is 11.6 Å². The van der Waals surface area contributed by atoms with Crippen LogP contribution in [0.4, 0.5) is 4.39 Å². The average Bonchev–Trinajstić information content (AvgIpc) is 2.73. The smallest absolute Gasteiger partial charge is 0.225 e. The lowest BCUT2D eigenvalue weighted by Crippen LogP contribution is -2.11.